The van der Waals surface area contributed by atoms with E-state index >= 15 is 0 Å². The summed E-state index contributed by atoms with van der Waals surface area (Å²) in [5.74, 6) is -0.609. The van der Waals surface area contributed by atoms with Gasteiger partial charge in [0.2, 0.25) is 0 Å². The number of carbonyl (C=O) groups excluding carboxylic acids is 1. The van der Waals surface area contributed by atoms with Crippen LogP contribution in [0.25, 0.3) is 11.3 Å². The average molecular weight is 374 g/mol. The number of esters is 1. The molecule has 1 heterocycles. The fraction of sp³-hybridized carbons (Fsp3) is 0.250. The van der Waals surface area contributed by atoms with Crippen LogP contribution in [0.4, 0.5) is 5.69 Å². The maximum Gasteiger partial charge on any atom is 0.358 e. The zero-order valence-corrected chi connectivity index (χ0v) is 14.7. The monoisotopic (exact) mass is 372 g/mol. The molecule has 0 fully saturated rings. The van der Waals surface area contributed by atoms with Crippen molar-refractivity contribution in [3.8, 4) is 11.3 Å². The summed E-state index contributed by atoms with van der Waals surface area (Å²) in [7, 11) is 0. The molecule has 0 atom stereocenters. The topological polar surface area (TPSA) is 65.2 Å². The van der Waals surface area contributed by atoms with Gasteiger partial charge >= 0.3 is 5.97 Å². The van der Waals surface area contributed by atoms with E-state index in [1.165, 1.54) is 0 Å². The molecular formula is C16H15Cl3N2O2. The zero-order chi connectivity index (χ0) is 17.0. The number of benzene rings is 1. The van der Waals surface area contributed by atoms with Gasteiger partial charge < -0.3 is 10.5 Å². The number of anilines is 1. The minimum atomic E-state index is -0.609. The quantitative estimate of drug-likeness (QED) is 0.574. The molecule has 0 saturated carbocycles. The predicted octanol–water partition coefficient (Wildman–Crippen LogP) is 5.25. The van der Waals surface area contributed by atoms with Crippen molar-refractivity contribution >= 4 is 46.5 Å². The molecule has 0 unspecified atom stereocenters. The molecule has 0 bridgehead atoms. The van der Waals surface area contributed by atoms with E-state index in [0.29, 0.717) is 27.9 Å². The molecule has 2 aromatic rings. The van der Waals surface area contributed by atoms with Crippen LogP contribution in [0.15, 0.2) is 24.3 Å². The largest absolute Gasteiger partial charge is 0.461 e. The first kappa shape index (κ1) is 17.9. The standard InChI is InChI=1S/C16H15Cl3N2O2/c1-2-3-6-23-16(22)15-14(19)12(20)8-13(21-15)10-5-4-9(17)7-11(10)18/h4-5,7-8H,2-3,6H2,1H3,(H2,20,21). The third kappa shape index (κ3) is 4.28. The number of carbonyl (C=O) groups is 1. The number of nitrogens with two attached hydrogens (primary N) is 1. The molecule has 0 aliphatic heterocycles. The molecule has 23 heavy (non-hydrogen) atoms. The van der Waals surface area contributed by atoms with E-state index in [-0.39, 0.29) is 16.4 Å². The second-order valence-corrected chi connectivity index (χ2v) is 6.09. The minimum Gasteiger partial charge on any atom is -0.461 e. The minimum absolute atomic E-state index is 0.0243. The molecule has 1 aromatic heterocycles. The van der Waals surface area contributed by atoms with Crippen LogP contribution in [0.5, 0.6) is 0 Å². The lowest BCUT2D eigenvalue weighted by atomic mass is 10.1. The molecular weight excluding hydrogens is 359 g/mol. The van der Waals surface area contributed by atoms with Gasteiger partial charge in [-0.1, -0.05) is 48.1 Å². The van der Waals surface area contributed by atoms with Crippen molar-refractivity contribution in [1.29, 1.82) is 0 Å². The Hall–Kier alpha value is -1.49. The first-order chi connectivity index (χ1) is 10.9. The molecule has 7 heteroatoms. The van der Waals surface area contributed by atoms with Crippen molar-refractivity contribution in [1.82, 2.24) is 4.98 Å². The Morgan fingerprint density at radius 3 is 2.65 bits per heavy atom. The Labute approximate surface area is 149 Å². The van der Waals surface area contributed by atoms with Crippen LogP contribution in [0.2, 0.25) is 15.1 Å². The van der Waals surface area contributed by atoms with Crippen molar-refractivity contribution in [3.63, 3.8) is 0 Å². The van der Waals surface area contributed by atoms with Crippen LogP contribution < -0.4 is 5.73 Å². The smallest absolute Gasteiger partial charge is 0.358 e. The number of unbranched alkanes of at least 4 members (excludes halogenated alkanes) is 1. The molecule has 2 N–H and O–H groups in total. The fourth-order valence-electron chi connectivity index (χ4n) is 1.90. The molecule has 0 aliphatic rings. The third-order valence-electron chi connectivity index (χ3n) is 3.12. The van der Waals surface area contributed by atoms with Gasteiger partial charge in [0.05, 0.1) is 28.0 Å². The Morgan fingerprint density at radius 2 is 2.00 bits per heavy atom. The number of nitrogens with zero attached hydrogens (tertiary/aromatic N) is 1. The Morgan fingerprint density at radius 1 is 1.26 bits per heavy atom. The van der Waals surface area contributed by atoms with Crippen LogP contribution in [0, 0.1) is 0 Å². The summed E-state index contributed by atoms with van der Waals surface area (Å²) >= 11 is 18.1. The molecule has 4 nitrogen and oxygen atoms in total. The van der Waals surface area contributed by atoms with E-state index in [2.05, 4.69) is 4.98 Å². The fourth-order valence-corrected chi connectivity index (χ4v) is 2.58. The average Bonchev–Trinajstić information content (AvgIpc) is 2.50. The van der Waals surface area contributed by atoms with Crippen LogP contribution in [0.1, 0.15) is 30.3 Å². The summed E-state index contributed by atoms with van der Waals surface area (Å²) in [5, 5.41) is 0.970. The molecule has 0 saturated heterocycles. The summed E-state index contributed by atoms with van der Waals surface area (Å²) in [6.07, 6.45) is 1.68. The highest BCUT2D eigenvalue weighted by atomic mass is 35.5. The Bertz CT molecular complexity index is 736. The number of rotatable bonds is 5. The zero-order valence-electron chi connectivity index (χ0n) is 12.4. The van der Waals surface area contributed by atoms with Gasteiger partial charge in [0.1, 0.15) is 0 Å². The van der Waals surface area contributed by atoms with Gasteiger partial charge in [-0.2, -0.15) is 0 Å². The lowest BCUT2D eigenvalue weighted by molar-refractivity contribution is 0.0493. The van der Waals surface area contributed by atoms with Gasteiger partial charge in [0.25, 0.3) is 0 Å². The number of aromatic nitrogens is 1. The normalized spacial score (nSPS) is 10.6. The number of halogens is 3. The highest BCUT2D eigenvalue weighted by Crippen LogP contribution is 2.33. The lowest BCUT2D eigenvalue weighted by Gasteiger charge is -2.11. The molecule has 2 rings (SSSR count). The summed E-state index contributed by atoms with van der Waals surface area (Å²) in [4.78, 5) is 16.4. The van der Waals surface area contributed by atoms with E-state index < -0.39 is 5.97 Å². The number of hydrogen-bond donors (Lipinski definition) is 1. The second-order valence-electron chi connectivity index (χ2n) is 4.87. The SMILES string of the molecule is CCCCOC(=O)c1nc(-c2ccc(Cl)cc2Cl)cc(N)c1Cl. The van der Waals surface area contributed by atoms with Crippen LogP contribution in [0.3, 0.4) is 0 Å². The van der Waals surface area contributed by atoms with Crippen molar-refractivity contribution < 1.29 is 9.53 Å². The Kier molecular flexibility index (Phi) is 6.10. The molecule has 0 spiro atoms. The van der Waals surface area contributed by atoms with E-state index in [4.69, 9.17) is 45.3 Å². The van der Waals surface area contributed by atoms with Gasteiger partial charge in [-0.3, -0.25) is 0 Å². The maximum atomic E-state index is 12.1. The maximum absolute atomic E-state index is 12.1. The third-order valence-corrected chi connectivity index (χ3v) is 4.06. The highest BCUT2D eigenvalue weighted by Gasteiger charge is 2.19. The first-order valence-corrected chi connectivity index (χ1v) is 8.16. The molecule has 0 amide bonds. The van der Waals surface area contributed by atoms with Crippen molar-refractivity contribution in [2.45, 2.75) is 19.8 Å². The number of pyridine rings is 1. The molecule has 1 aromatic carbocycles. The van der Waals surface area contributed by atoms with Gasteiger partial charge in [-0.25, -0.2) is 9.78 Å². The van der Waals surface area contributed by atoms with Crippen LogP contribution in [-0.2, 0) is 4.74 Å². The van der Waals surface area contributed by atoms with Crippen LogP contribution >= 0.6 is 34.8 Å². The Balaban J connectivity index is 2.41. The predicted molar refractivity (Wildman–Crippen MR) is 94.3 cm³/mol. The molecule has 122 valence electrons. The number of hydrogen-bond acceptors (Lipinski definition) is 4. The highest BCUT2D eigenvalue weighted by molar-refractivity contribution is 6.37. The van der Waals surface area contributed by atoms with E-state index in [1.807, 2.05) is 6.92 Å². The second kappa shape index (κ2) is 7.86. The van der Waals surface area contributed by atoms with Gasteiger partial charge in [-0.15, -0.1) is 0 Å². The summed E-state index contributed by atoms with van der Waals surface area (Å²) < 4.78 is 5.15. The summed E-state index contributed by atoms with van der Waals surface area (Å²) in [5.41, 5.74) is 7.11. The van der Waals surface area contributed by atoms with Crippen LogP contribution in [-0.4, -0.2) is 17.6 Å². The number of ether oxygens (including phenoxy) is 1. The first-order valence-electron chi connectivity index (χ1n) is 7.02. The van der Waals surface area contributed by atoms with Crippen molar-refractivity contribution in [2.75, 3.05) is 12.3 Å². The van der Waals surface area contributed by atoms with E-state index in [0.717, 1.165) is 12.8 Å². The van der Waals surface area contributed by atoms with Crippen molar-refractivity contribution in [2.24, 2.45) is 0 Å². The van der Waals surface area contributed by atoms with E-state index in [9.17, 15) is 4.79 Å². The van der Waals surface area contributed by atoms with Gasteiger partial charge in [0.15, 0.2) is 5.69 Å². The molecule has 0 aliphatic carbocycles. The lowest BCUT2D eigenvalue weighted by Crippen LogP contribution is -2.11. The van der Waals surface area contributed by atoms with Crippen molar-refractivity contribution in [3.05, 3.63) is 45.0 Å². The summed E-state index contributed by atoms with van der Waals surface area (Å²) in [6, 6.07) is 6.52. The van der Waals surface area contributed by atoms with Gasteiger partial charge in [-0.05, 0) is 30.7 Å². The van der Waals surface area contributed by atoms with E-state index in [1.54, 1.807) is 24.3 Å². The van der Waals surface area contributed by atoms with Gasteiger partial charge in [0, 0.05) is 10.6 Å². The number of nitrogen functional groups attached to an aromatic ring is 1. The molecule has 0 radical (unpaired) electrons. The summed E-state index contributed by atoms with van der Waals surface area (Å²) in [6.45, 7) is 2.30.